The highest BCUT2D eigenvalue weighted by Crippen LogP contribution is 2.67. The lowest BCUT2D eigenvalue weighted by atomic mass is 9.43. The van der Waals surface area contributed by atoms with Crippen molar-refractivity contribution in [3.05, 3.63) is 0 Å². The van der Waals surface area contributed by atoms with E-state index in [1.807, 2.05) is 21.1 Å². The van der Waals surface area contributed by atoms with E-state index in [0.717, 1.165) is 31.5 Å². The number of quaternary nitrogens is 1. The molecule has 0 aromatic carbocycles. The summed E-state index contributed by atoms with van der Waals surface area (Å²) < 4.78 is 29.9. The van der Waals surface area contributed by atoms with Gasteiger partial charge in [0.2, 0.25) is 0 Å². The second-order valence-corrected chi connectivity index (χ2v) is 15.2. The number of hydrogen-bond donors (Lipinski definition) is 1. The Labute approximate surface area is 222 Å². The second kappa shape index (κ2) is 13.9. The Morgan fingerprint density at radius 3 is 1.89 bits per heavy atom. The third-order valence-corrected chi connectivity index (χ3v) is 10.1. The average molecular weight is 531 g/mol. The molecular formula is C29H57NO5P+. The predicted octanol–water partition coefficient (Wildman–Crippen LogP) is 7.35. The summed E-state index contributed by atoms with van der Waals surface area (Å²) in [5, 5.41) is 0. The molecule has 4 saturated carbocycles. The van der Waals surface area contributed by atoms with Crippen LogP contribution in [0.4, 0.5) is 0 Å². The fourth-order valence-corrected chi connectivity index (χ4v) is 8.52. The van der Waals surface area contributed by atoms with Crippen molar-refractivity contribution in [2.45, 2.75) is 110 Å². The number of hydrogen-bond acceptors (Lipinski definition) is 4. The molecule has 0 spiro atoms. The van der Waals surface area contributed by atoms with Crippen LogP contribution in [0.15, 0.2) is 0 Å². The lowest BCUT2D eigenvalue weighted by molar-refractivity contribution is -0.870. The van der Waals surface area contributed by atoms with Gasteiger partial charge in [0.05, 0.1) is 27.7 Å². The van der Waals surface area contributed by atoms with Gasteiger partial charge in [-0.2, -0.15) is 0 Å². The summed E-state index contributed by atoms with van der Waals surface area (Å²) >= 11 is 0. The molecule has 3 atom stereocenters. The van der Waals surface area contributed by atoms with E-state index in [-0.39, 0.29) is 12.0 Å². The van der Waals surface area contributed by atoms with E-state index in [9.17, 15) is 9.46 Å². The van der Waals surface area contributed by atoms with Crippen molar-refractivity contribution in [2.24, 2.45) is 22.7 Å². The molecule has 0 aliphatic heterocycles. The molecule has 0 radical (unpaired) electrons. The van der Waals surface area contributed by atoms with Crippen molar-refractivity contribution in [1.82, 2.24) is 0 Å². The molecule has 0 saturated heterocycles. The molecule has 0 amide bonds. The van der Waals surface area contributed by atoms with Crippen LogP contribution < -0.4 is 0 Å². The van der Waals surface area contributed by atoms with Crippen LogP contribution in [0, 0.1) is 22.7 Å². The maximum absolute atomic E-state index is 12.4. The first-order valence-corrected chi connectivity index (χ1v) is 16.5. The highest BCUT2D eigenvalue weighted by molar-refractivity contribution is 7.47. The van der Waals surface area contributed by atoms with Gasteiger partial charge in [-0.05, 0) is 80.5 Å². The van der Waals surface area contributed by atoms with Crippen molar-refractivity contribution in [3.63, 3.8) is 0 Å². The molecule has 4 aliphatic carbocycles. The zero-order valence-corrected chi connectivity index (χ0v) is 24.9. The summed E-state index contributed by atoms with van der Waals surface area (Å²) in [7, 11) is 2.14. The summed E-state index contributed by atoms with van der Waals surface area (Å²) in [6.45, 7) is 5.31. The standard InChI is InChI=1S/C29H56NO5P/c1-5-6-7-8-9-10-11-12-16-33-17-13-28-21-26-20-27(22-28)24-29(23-26,25-28)14-18-34-36(31,32)35-19-15-30(2,3)4/h26-27H,5-25H2,1-4H3/p+1. The average Bonchev–Trinajstić information content (AvgIpc) is 2.75. The van der Waals surface area contributed by atoms with Crippen LogP contribution in [0.2, 0.25) is 0 Å². The minimum absolute atomic E-state index is 0.231. The Hall–Kier alpha value is 0.0300. The van der Waals surface area contributed by atoms with Gasteiger partial charge in [-0.25, -0.2) is 4.57 Å². The molecule has 0 aromatic rings. The topological polar surface area (TPSA) is 65.0 Å². The quantitative estimate of drug-likeness (QED) is 0.101. The first-order valence-electron chi connectivity index (χ1n) is 15.0. The normalized spacial score (nSPS) is 31.1. The third kappa shape index (κ3) is 10.3. The first-order chi connectivity index (χ1) is 17.0. The molecule has 4 bridgehead atoms. The van der Waals surface area contributed by atoms with Crippen LogP contribution in [-0.2, 0) is 18.3 Å². The lowest BCUT2D eigenvalue weighted by Crippen LogP contribution is -2.52. The van der Waals surface area contributed by atoms with Gasteiger partial charge in [0.15, 0.2) is 0 Å². The maximum atomic E-state index is 12.4. The van der Waals surface area contributed by atoms with Crippen LogP contribution in [0.5, 0.6) is 0 Å². The zero-order chi connectivity index (χ0) is 26.1. The summed E-state index contributed by atoms with van der Waals surface area (Å²) in [4.78, 5) is 10.1. The maximum Gasteiger partial charge on any atom is 0.472 e. The Kier molecular flexibility index (Phi) is 11.8. The van der Waals surface area contributed by atoms with Crippen molar-refractivity contribution in [3.8, 4) is 0 Å². The number of phosphoric ester groups is 1. The number of unbranched alkanes of at least 4 members (excludes halogenated alkanes) is 7. The molecule has 3 unspecified atom stereocenters. The van der Waals surface area contributed by atoms with E-state index in [1.165, 1.54) is 96.3 Å². The first kappa shape index (κ1) is 30.6. The van der Waals surface area contributed by atoms with E-state index < -0.39 is 7.82 Å². The number of likely N-dealkylation sites (N-methyl/N-ethyl adjacent to an activating group) is 1. The van der Waals surface area contributed by atoms with Crippen LogP contribution >= 0.6 is 7.82 Å². The Morgan fingerprint density at radius 2 is 1.31 bits per heavy atom. The van der Waals surface area contributed by atoms with Gasteiger partial charge in [0.25, 0.3) is 0 Å². The Morgan fingerprint density at radius 1 is 0.778 bits per heavy atom. The Balaban J connectivity index is 1.35. The molecule has 1 N–H and O–H groups in total. The molecule has 6 nitrogen and oxygen atoms in total. The van der Waals surface area contributed by atoms with Gasteiger partial charge in [-0.15, -0.1) is 0 Å². The van der Waals surface area contributed by atoms with Crippen molar-refractivity contribution < 1.29 is 27.7 Å². The van der Waals surface area contributed by atoms with Crippen LogP contribution in [0.3, 0.4) is 0 Å². The molecule has 0 heterocycles. The highest BCUT2D eigenvalue weighted by Gasteiger charge is 2.57. The number of phosphoric acid groups is 1. The van der Waals surface area contributed by atoms with E-state index >= 15 is 0 Å². The van der Waals surface area contributed by atoms with Gasteiger partial charge in [-0.1, -0.05) is 51.9 Å². The van der Waals surface area contributed by atoms with Crippen LogP contribution in [0.25, 0.3) is 0 Å². The second-order valence-electron chi connectivity index (χ2n) is 13.7. The molecule has 0 aromatic heterocycles. The van der Waals surface area contributed by atoms with Gasteiger partial charge < -0.3 is 14.1 Å². The van der Waals surface area contributed by atoms with Crippen LogP contribution in [-0.4, -0.2) is 63.5 Å². The molecule has 4 aliphatic rings. The van der Waals surface area contributed by atoms with Gasteiger partial charge in [-0.3, -0.25) is 9.05 Å². The largest absolute Gasteiger partial charge is 0.472 e. The lowest BCUT2D eigenvalue weighted by Gasteiger charge is -2.62. The van der Waals surface area contributed by atoms with E-state index in [0.29, 0.717) is 23.0 Å². The molecule has 36 heavy (non-hydrogen) atoms. The van der Waals surface area contributed by atoms with Gasteiger partial charge in [0.1, 0.15) is 13.2 Å². The molecule has 4 fully saturated rings. The van der Waals surface area contributed by atoms with Crippen molar-refractivity contribution in [1.29, 1.82) is 0 Å². The minimum atomic E-state index is -3.98. The molecular weight excluding hydrogens is 473 g/mol. The van der Waals surface area contributed by atoms with Crippen LogP contribution in [0.1, 0.15) is 110 Å². The number of ether oxygens (including phenoxy) is 1. The van der Waals surface area contributed by atoms with E-state index in [4.69, 9.17) is 13.8 Å². The summed E-state index contributed by atoms with van der Waals surface area (Å²) in [6, 6.07) is 0. The molecule has 4 rings (SSSR count). The number of nitrogens with zero attached hydrogens (tertiary/aromatic N) is 1. The fourth-order valence-electron chi connectivity index (χ4n) is 7.81. The van der Waals surface area contributed by atoms with Crippen molar-refractivity contribution in [2.75, 3.05) is 54.1 Å². The Bertz CT molecular complexity index is 680. The van der Waals surface area contributed by atoms with Gasteiger partial charge in [0, 0.05) is 13.2 Å². The van der Waals surface area contributed by atoms with Crippen molar-refractivity contribution >= 4 is 7.82 Å². The number of rotatable bonds is 20. The monoisotopic (exact) mass is 530 g/mol. The molecule has 7 heteroatoms. The summed E-state index contributed by atoms with van der Waals surface area (Å²) in [5.41, 5.74) is 0.706. The minimum Gasteiger partial charge on any atom is -0.381 e. The van der Waals surface area contributed by atoms with Gasteiger partial charge >= 0.3 is 7.82 Å². The third-order valence-electron chi connectivity index (χ3n) is 9.13. The zero-order valence-electron chi connectivity index (χ0n) is 24.0. The van der Waals surface area contributed by atoms with E-state index in [2.05, 4.69) is 6.92 Å². The fraction of sp³-hybridized carbons (Fsp3) is 1.00. The SMILES string of the molecule is CCCCCCCCCCOCCC12CC3CC(C1)CC(CCOP(=O)(O)OCC[N+](C)(C)C)(C3)C2. The molecule has 212 valence electrons. The summed E-state index contributed by atoms with van der Waals surface area (Å²) in [6.07, 6.45) is 20.7. The smallest absolute Gasteiger partial charge is 0.381 e. The van der Waals surface area contributed by atoms with E-state index in [1.54, 1.807) is 0 Å². The summed E-state index contributed by atoms with van der Waals surface area (Å²) in [5.74, 6) is 1.64. The highest BCUT2D eigenvalue weighted by atomic mass is 31.2. The predicted molar refractivity (Wildman–Crippen MR) is 147 cm³/mol.